The van der Waals surface area contributed by atoms with E-state index in [2.05, 4.69) is 9.97 Å². The Balaban J connectivity index is 1.63. The predicted molar refractivity (Wildman–Crippen MR) is 99.8 cm³/mol. The maximum absolute atomic E-state index is 12.1. The largest absolute Gasteiger partial charge is 0.444 e. The number of amides is 1. The number of piperazine rings is 1. The fourth-order valence-corrected chi connectivity index (χ4v) is 3.32. The van der Waals surface area contributed by atoms with Crippen molar-refractivity contribution in [2.45, 2.75) is 26.4 Å². The molecule has 0 spiro atoms. The molecule has 3 heterocycles. The molecule has 1 saturated heterocycles. The van der Waals surface area contributed by atoms with Crippen molar-refractivity contribution in [3.63, 3.8) is 0 Å². The molecule has 0 radical (unpaired) electrons. The smallest absolute Gasteiger partial charge is 0.410 e. The number of nitrogens with two attached hydrogens (primary N) is 1. The van der Waals surface area contributed by atoms with Gasteiger partial charge in [-0.15, -0.1) is 11.3 Å². The number of hydrogen-bond acceptors (Lipinski definition) is 7. The molecule has 2 N–H and O–H groups in total. The van der Waals surface area contributed by atoms with Gasteiger partial charge < -0.3 is 20.3 Å². The molecule has 1 fully saturated rings. The van der Waals surface area contributed by atoms with Gasteiger partial charge in [-0.2, -0.15) is 4.98 Å². The van der Waals surface area contributed by atoms with Crippen LogP contribution in [0.15, 0.2) is 23.7 Å². The standard InChI is InChI=1S/C17H23N5O2S/c1-17(2,3)24-16(23)22-8-6-21(7-9-22)15-19-11-12(14(18)20-15)13-5-4-10-25-13/h4-5,10-11H,6-9H2,1-3H3,(H2,18,19,20). The van der Waals surface area contributed by atoms with Crippen molar-refractivity contribution in [1.82, 2.24) is 14.9 Å². The van der Waals surface area contributed by atoms with Gasteiger partial charge in [-0.1, -0.05) is 6.07 Å². The summed E-state index contributed by atoms with van der Waals surface area (Å²) in [6, 6.07) is 3.97. The van der Waals surface area contributed by atoms with E-state index in [1.54, 1.807) is 22.4 Å². The van der Waals surface area contributed by atoms with E-state index in [9.17, 15) is 4.79 Å². The lowest BCUT2D eigenvalue weighted by Crippen LogP contribution is -2.50. The van der Waals surface area contributed by atoms with Crippen LogP contribution in [0.3, 0.4) is 0 Å². The van der Waals surface area contributed by atoms with Crippen LogP contribution in [-0.4, -0.2) is 52.7 Å². The summed E-state index contributed by atoms with van der Waals surface area (Å²) in [5.41, 5.74) is 6.48. The van der Waals surface area contributed by atoms with Gasteiger partial charge in [0, 0.05) is 37.3 Å². The topological polar surface area (TPSA) is 84.6 Å². The van der Waals surface area contributed by atoms with Crippen LogP contribution in [0.4, 0.5) is 16.6 Å². The number of thiophene rings is 1. The van der Waals surface area contributed by atoms with Crippen LogP contribution < -0.4 is 10.6 Å². The average Bonchev–Trinajstić information content (AvgIpc) is 3.07. The Morgan fingerprint density at radius 3 is 2.56 bits per heavy atom. The first kappa shape index (κ1) is 17.5. The van der Waals surface area contributed by atoms with E-state index < -0.39 is 5.60 Å². The molecule has 7 nitrogen and oxygen atoms in total. The van der Waals surface area contributed by atoms with Crippen molar-refractivity contribution in [3.05, 3.63) is 23.7 Å². The summed E-state index contributed by atoms with van der Waals surface area (Å²) in [5, 5.41) is 2.00. The second-order valence-corrected chi connectivity index (χ2v) is 7.85. The van der Waals surface area contributed by atoms with Gasteiger partial charge in [0.2, 0.25) is 5.95 Å². The summed E-state index contributed by atoms with van der Waals surface area (Å²) in [6.07, 6.45) is 1.49. The number of carbonyl (C=O) groups is 1. The molecule has 3 rings (SSSR count). The maximum atomic E-state index is 12.1. The van der Waals surface area contributed by atoms with Crippen LogP contribution in [0.1, 0.15) is 20.8 Å². The zero-order valence-electron chi connectivity index (χ0n) is 14.7. The highest BCUT2D eigenvalue weighted by Gasteiger charge is 2.27. The molecular formula is C17H23N5O2S. The highest BCUT2D eigenvalue weighted by atomic mass is 32.1. The summed E-state index contributed by atoms with van der Waals surface area (Å²) < 4.78 is 5.41. The molecular weight excluding hydrogens is 338 g/mol. The van der Waals surface area contributed by atoms with Gasteiger partial charge in [0.1, 0.15) is 11.4 Å². The number of nitrogens with zero attached hydrogens (tertiary/aromatic N) is 4. The highest BCUT2D eigenvalue weighted by molar-refractivity contribution is 7.13. The number of anilines is 2. The molecule has 0 unspecified atom stereocenters. The average molecular weight is 361 g/mol. The fourth-order valence-electron chi connectivity index (χ4n) is 2.57. The number of carbonyl (C=O) groups excluding carboxylic acids is 1. The molecule has 1 aliphatic heterocycles. The molecule has 0 aromatic carbocycles. The van der Waals surface area contributed by atoms with Gasteiger partial charge in [-0.05, 0) is 32.2 Å². The maximum Gasteiger partial charge on any atom is 0.410 e. The van der Waals surface area contributed by atoms with Gasteiger partial charge in [0.25, 0.3) is 0 Å². The first-order valence-corrected chi connectivity index (χ1v) is 9.11. The number of hydrogen-bond donors (Lipinski definition) is 1. The van der Waals surface area contributed by atoms with Gasteiger partial charge in [-0.25, -0.2) is 9.78 Å². The second kappa shape index (κ2) is 6.87. The Bertz CT molecular complexity index is 734. The molecule has 0 aliphatic carbocycles. The van der Waals surface area contributed by atoms with Gasteiger partial charge >= 0.3 is 6.09 Å². The number of aromatic nitrogens is 2. The van der Waals surface area contributed by atoms with Crippen molar-refractivity contribution in [3.8, 4) is 10.4 Å². The third kappa shape index (κ3) is 4.19. The Labute approximate surface area is 151 Å². The normalized spacial score (nSPS) is 15.3. The van der Waals surface area contributed by atoms with Gasteiger partial charge in [0.15, 0.2) is 0 Å². The number of ether oxygens (including phenoxy) is 1. The van der Waals surface area contributed by atoms with Crippen LogP contribution in [0.5, 0.6) is 0 Å². The first-order chi connectivity index (χ1) is 11.8. The van der Waals surface area contributed by atoms with Crippen LogP contribution >= 0.6 is 11.3 Å². The van der Waals surface area contributed by atoms with E-state index in [1.807, 2.05) is 43.2 Å². The van der Waals surface area contributed by atoms with Crippen LogP contribution in [-0.2, 0) is 4.74 Å². The Hall–Kier alpha value is -2.35. The minimum absolute atomic E-state index is 0.277. The molecule has 0 saturated carbocycles. The lowest BCUT2D eigenvalue weighted by molar-refractivity contribution is 0.0240. The minimum Gasteiger partial charge on any atom is -0.444 e. The third-order valence-corrected chi connectivity index (χ3v) is 4.71. The molecule has 1 amide bonds. The summed E-state index contributed by atoms with van der Waals surface area (Å²) in [6.45, 7) is 8.05. The SMILES string of the molecule is CC(C)(C)OC(=O)N1CCN(c2ncc(-c3cccs3)c(N)n2)CC1. The molecule has 0 atom stereocenters. The molecule has 1 aliphatic rings. The van der Waals surface area contributed by atoms with Crippen molar-refractivity contribution in [2.75, 3.05) is 36.8 Å². The molecule has 25 heavy (non-hydrogen) atoms. The predicted octanol–water partition coefficient (Wildman–Crippen LogP) is 2.84. The summed E-state index contributed by atoms with van der Waals surface area (Å²) >= 11 is 1.61. The minimum atomic E-state index is -0.483. The lowest BCUT2D eigenvalue weighted by Gasteiger charge is -2.35. The van der Waals surface area contributed by atoms with E-state index in [-0.39, 0.29) is 6.09 Å². The summed E-state index contributed by atoms with van der Waals surface area (Å²) in [5.74, 6) is 1.07. The molecule has 0 bridgehead atoms. The van der Waals surface area contributed by atoms with Gasteiger partial charge in [0.05, 0.1) is 5.56 Å². The monoisotopic (exact) mass is 361 g/mol. The van der Waals surface area contributed by atoms with Crippen LogP contribution in [0.25, 0.3) is 10.4 Å². The van der Waals surface area contributed by atoms with E-state index >= 15 is 0 Å². The van der Waals surface area contributed by atoms with Crippen molar-refractivity contribution in [1.29, 1.82) is 0 Å². The second-order valence-electron chi connectivity index (χ2n) is 6.90. The van der Waals surface area contributed by atoms with Crippen molar-refractivity contribution >= 4 is 29.2 Å². The first-order valence-electron chi connectivity index (χ1n) is 8.23. The van der Waals surface area contributed by atoms with E-state index in [0.29, 0.717) is 37.9 Å². The van der Waals surface area contributed by atoms with E-state index in [4.69, 9.17) is 10.5 Å². The van der Waals surface area contributed by atoms with Crippen molar-refractivity contribution in [2.24, 2.45) is 0 Å². The number of rotatable bonds is 2. The molecule has 2 aromatic rings. The third-order valence-electron chi connectivity index (χ3n) is 3.81. The van der Waals surface area contributed by atoms with Crippen molar-refractivity contribution < 1.29 is 9.53 Å². The van der Waals surface area contributed by atoms with Gasteiger partial charge in [-0.3, -0.25) is 0 Å². The zero-order chi connectivity index (χ0) is 18.0. The van der Waals surface area contributed by atoms with E-state index in [0.717, 1.165) is 10.4 Å². The molecule has 134 valence electrons. The highest BCUT2D eigenvalue weighted by Crippen LogP contribution is 2.29. The fraction of sp³-hybridized carbons (Fsp3) is 0.471. The van der Waals surface area contributed by atoms with Crippen LogP contribution in [0, 0.1) is 0 Å². The Morgan fingerprint density at radius 2 is 2.00 bits per heavy atom. The lowest BCUT2D eigenvalue weighted by atomic mass is 10.2. The molecule has 2 aromatic heterocycles. The Kier molecular flexibility index (Phi) is 4.80. The zero-order valence-corrected chi connectivity index (χ0v) is 15.5. The van der Waals surface area contributed by atoms with Crippen LogP contribution in [0.2, 0.25) is 0 Å². The summed E-state index contributed by atoms with van der Waals surface area (Å²) in [4.78, 5) is 25.8. The van der Waals surface area contributed by atoms with E-state index in [1.165, 1.54) is 0 Å². The quantitative estimate of drug-likeness (QED) is 0.885. The number of nitrogen functional groups attached to an aromatic ring is 1. The Morgan fingerprint density at radius 1 is 1.28 bits per heavy atom. The summed E-state index contributed by atoms with van der Waals surface area (Å²) in [7, 11) is 0. The molecule has 8 heteroatoms.